The number of sulfonamides is 1. The average Bonchev–Trinajstić information content (AvgIpc) is 2.27. The molecule has 1 aliphatic carbocycles. The van der Waals surface area contributed by atoms with Gasteiger partial charge in [-0.25, -0.2) is 13.1 Å². The Kier molecular flexibility index (Phi) is 4.16. The van der Waals surface area contributed by atoms with E-state index in [9.17, 15) is 13.5 Å². The minimum atomic E-state index is -3.48. The van der Waals surface area contributed by atoms with Crippen molar-refractivity contribution in [3.05, 3.63) is 24.3 Å². The zero-order valence-electron chi connectivity index (χ0n) is 11.3. The van der Waals surface area contributed by atoms with Gasteiger partial charge in [0, 0.05) is 6.04 Å². The van der Waals surface area contributed by atoms with Gasteiger partial charge in [0.1, 0.15) is 5.75 Å². The maximum absolute atomic E-state index is 12.2. The number of benzene rings is 1. The Labute approximate surface area is 114 Å². The molecule has 0 heterocycles. The van der Waals surface area contributed by atoms with E-state index in [2.05, 4.69) is 18.6 Å². The van der Waals surface area contributed by atoms with Gasteiger partial charge in [0.25, 0.3) is 0 Å². The van der Waals surface area contributed by atoms with Gasteiger partial charge in [-0.2, -0.15) is 0 Å². The summed E-state index contributed by atoms with van der Waals surface area (Å²) in [6.07, 6.45) is 2.95. The van der Waals surface area contributed by atoms with Crippen LogP contribution in [0, 0.1) is 11.8 Å². The minimum absolute atomic E-state index is 0.0116. The molecule has 2 rings (SSSR count). The number of aromatic hydroxyl groups is 1. The third kappa shape index (κ3) is 3.70. The van der Waals surface area contributed by atoms with E-state index < -0.39 is 10.0 Å². The van der Waals surface area contributed by atoms with Gasteiger partial charge >= 0.3 is 0 Å². The summed E-state index contributed by atoms with van der Waals surface area (Å²) in [5.41, 5.74) is 0. The molecule has 1 aliphatic rings. The van der Waals surface area contributed by atoms with Gasteiger partial charge in [0.05, 0.1) is 4.90 Å². The third-order valence-electron chi connectivity index (χ3n) is 3.65. The highest BCUT2D eigenvalue weighted by molar-refractivity contribution is 7.89. The summed E-state index contributed by atoms with van der Waals surface area (Å²) in [4.78, 5) is 0.205. The van der Waals surface area contributed by atoms with Crippen LogP contribution in [0.1, 0.15) is 33.1 Å². The smallest absolute Gasteiger partial charge is 0.240 e. The molecule has 0 radical (unpaired) electrons. The van der Waals surface area contributed by atoms with Crippen molar-refractivity contribution in [2.45, 2.75) is 44.0 Å². The lowest BCUT2D eigenvalue weighted by molar-refractivity contribution is 0.257. The summed E-state index contributed by atoms with van der Waals surface area (Å²) in [5, 5.41) is 9.20. The quantitative estimate of drug-likeness (QED) is 0.895. The van der Waals surface area contributed by atoms with Crippen molar-refractivity contribution in [2.24, 2.45) is 11.8 Å². The standard InChI is InChI=1S/C14H21NO3S/c1-10-7-11(2)9-12(8-10)15-19(17,18)14-5-3-13(16)4-6-14/h3-6,10-12,15-16H,7-9H2,1-2H3. The van der Waals surface area contributed by atoms with Crippen molar-refractivity contribution in [2.75, 3.05) is 0 Å². The summed E-state index contributed by atoms with van der Waals surface area (Å²) in [6.45, 7) is 4.33. The fraction of sp³-hybridized carbons (Fsp3) is 0.571. The Morgan fingerprint density at radius 2 is 1.58 bits per heavy atom. The molecule has 1 saturated carbocycles. The predicted octanol–water partition coefficient (Wildman–Crippen LogP) is 2.50. The summed E-state index contributed by atoms with van der Waals surface area (Å²) in [5.74, 6) is 1.17. The maximum atomic E-state index is 12.2. The van der Waals surface area contributed by atoms with Crippen molar-refractivity contribution in [1.29, 1.82) is 0 Å². The normalized spacial score (nSPS) is 28.2. The van der Waals surface area contributed by atoms with Gasteiger partial charge in [-0.3, -0.25) is 0 Å². The number of rotatable bonds is 3. The van der Waals surface area contributed by atoms with E-state index in [0.29, 0.717) is 11.8 Å². The molecule has 0 spiro atoms. The molecule has 106 valence electrons. The first-order valence-electron chi connectivity index (χ1n) is 6.68. The molecule has 19 heavy (non-hydrogen) atoms. The molecule has 2 atom stereocenters. The Hall–Kier alpha value is -1.07. The van der Waals surface area contributed by atoms with Gasteiger partial charge in [0.2, 0.25) is 10.0 Å². The number of nitrogens with one attached hydrogen (secondary N) is 1. The Morgan fingerprint density at radius 3 is 2.11 bits per heavy atom. The van der Waals surface area contributed by atoms with Gasteiger partial charge in [-0.1, -0.05) is 13.8 Å². The van der Waals surface area contributed by atoms with Crippen LogP contribution < -0.4 is 4.72 Å². The fourth-order valence-corrected chi connectivity index (χ4v) is 4.22. The Balaban J connectivity index is 2.10. The number of hydrogen-bond acceptors (Lipinski definition) is 3. The van der Waals surface area contributed by atoms with E-state index in [-0.39, 0.29) is 16.7 Å². The van der Waals surface area contributed by atoms with Crippen molar-refractivity contribution in [1.82, 2.24) is 4.72 Å². The first kappa shape index (κ1) is 14.3. The molecule has 4 nitrogen and oxygen atoms in total. The first-order chi connectivity index (χ1) is 8.87. The molecular formula is C14H21NO3S. The Morgan fingerprint density at radius 1 is 1.05 bits per heavy atom. The first-order valence-corrected chi connectivity index (χ1v) is 8.16. The molecule has 0 saturated heterocycles. The van der Waals surface area contributed by atoms with E-state index in [1.54, 1.807) is 0 Å². The monoisotopic (exact) mass is 283 g/mol. The van der Waals surface area contributed by atoms with Crippen LogP contribution in [-0.2, 0) is 10.0 Å². The molecule has 2 N–H and O–H groups in total. The average molecular weight is 283 g/mol. The minimum Gasteiger partial charge on any atom is -0.508 e. The lowest BCUT2D eigenvalue weighted by Gasteiger charge is -2.31. The summed E-state index contributed by atoms with van der Waals surface area (Å²) in [7, 11) is -3.48. The highest BCUT2D eigenvalue weighted by Crippen LogP contribution is 2.29. The van der Waals surface area contributed by atoms with E-state index in [0.717, 1.165) is 19.3 Å². The van der Waals surface area contributed by atoms with Gasteiger partial charge in [0.15, 0.2) is 0 Å². The molecule has 0 bridgehead atoms. The molecule has 1 aromatic carbocycles. The molecule has 2 unspecified atom stereocenters. The Bertz CT molecular complexity index is 514. The molecule has 5 heteroatoms. The number of hydrogen-bond donors (Lipinski definition) is 2. The molecule has 1 aromatic rings. The highest BCUT2D eigenvalue weighted by Gasteiger charge is 2.27. The third-order valence-corrected chi connectivity index (χ3v) is 5.18. The number of phenols is 1. The second kappa shape index (κ2) is 5.51. The fourth-order valence-electron chi connectivity index (χ4n) is 2.96. The van der Waals surface area contributed by atoms with Crippen molar-refractivity contribution in [3.8, 4) is 5.75 Å². The topological polar surface area (TPSA) is 66.4 Å². The molecule has 0 aromatic heterocycles. The molecule has 1 fully saturated rings. The SMILES string of the molecule is CC1CC(C)CC(NS(=O)(=O)c2ccc(O)cc2)C1. The second-order valence-electron chi connectivity index (χ2n) is 5.73. The summed E-state index contributed by atoms with van der Waals surface area (Å²) < 4.78 is 27.2. The maximum Gasteiger partial charge on any atom is 0.240 e. The van der Waals surface area contributed by atoms with Crippen LogP contribution in [0.3, 0.4) is 0 Å². The van der Waals surface area contributed by atoms with Gasteiger partial charge in [-0.05, 0) is 55.4 Å². The van der Waals surface area contributed by atoms with E-state index in [4.69, 9.17) is 0 Å². The van der Waals surface area contributed by atoms with Gasteiger partial charge in [-0.15, -0.1) is 0 Å². The second-order valence-corrected chi connectivity index (χ2v) is 7.44. The van der Waals surface area contributed by atoms with Crippen LogP contribution in [0.5, 0.6) is 5.75 Å². The van der Waals surface area contributed by atoms with Crippen LogP contribution >= 0.6 is 0 Å². The van der Waals surface area contributed by atoms with Crippen LogP contribution in [0.15, 0.2) is 29.2 Å². The van der Waals surface area contributed by atoms with Crippen molar-refractivity contribution < 1.29 is 13.5 Å². The number of phenolic OH excluding ortho intramolecular Hbond substituents is 1. The largest absolute Gasteiger partial charge is 0.508 e. The zero-order valence-corrected chi connectivity index (χ0v) is 12.2. The summed E-state index contributed by atoms with van der Waals surface area (Å²) in [6, 6.07) is 5.64. The zero-order chi connectivity index (χ0) is 14.0. The van der Waals surface area contributed by atoms with Crippen LogP contribution in [-0.4, -0.2) is 19.6 Å². The predicted molar refractivity (Wildman–Crippen MR) is 74.4 cm³/mol. The van der Waals surface area contributed by atoms with Crippen molar-refractivity contribution in [3.63, 3.8) is 0 Å². The lowest BCUT2D eigenvalue weighted by atomic mass is 9.81. The van der Waals surface area contributed by atoms with E-state index >= 15 is 0 Å². The van der Waals surface area contributed by atoms with Crippen LogP contribution in [0.4, 0.5) is 0 Å². The molecular weight excluding hydrogens is 262 g/mol. The van der Waals surface area contributed by atoms with E-state index in [1.807, 2.05) is 0 Å². The molecule has 0 aliphatic heterocycles. The van der Waals surface area contributed by atoms with E-state index in [1.165, 1.54) is 24.3 Å². The van der Waals surface area contributed by atoms with Crippen LogP contribution in [0.2, 0.25) is 0 Å². The van der Waals surface area contributed by atoms with Crippen LogP contribution in [0.25, 0.3) is 0 Å². The lowest BCUT2D eigenvalue weighted by Crippen LogP contribution is -2.39. The highest BCUT2D eigenvalue weighted by atomic mass is 32.2. The summed E-state index contributed by atoms with van der Waals surface area (Å²) >= 11 is 0. The molecule has 0 amide bonds. The van der Waals surface area contributed by atoms with Gasteiger partial charge < -0.3 is 5.11 Å². The van der Waals surface area contributed by atoms with Crippen molar-refractivity contribution >= 4 is 10.0 Å².